The molecule has 0 spiro atoms. The van der Waals surface area contributed by atoms with E-state index in [0.29, 0.717) is 10.6 Å². The summed E-state index contributed by atoms with van der Waals surface area (Å²) in [4.78, 5) is 25.9. The Balaban J connectivity index is 1.89. The molecule has 2 amide bonds. The minimum Gasteiger partial charge on any atom is -0.343 e. The van der Waals surface area contributed by atoms with E-state index in [9.17, 15) is 9.59 Å². The van der Waals surface area contributed by atoms with Gasteiger partial charge in [0.15, 0.2) is 0 Å². The first-order valence-electron chi connectivity index (χ1n) is 7.09. The van der Waals surface area contributed by atoms with E-state index in [1.165, 1.54) is 6.07 Å². The molecule has 1 fully saturated rings. The second-order valence-corrected chi connectivity index (χ2v) is 5.95. The van der Waals surface area contributed by atoms with Crippen LogP contribution in [0, 0.1) is 0 Å². The molecule has 114 valence electrons. The number of amides is 2. The van der Waals surface area contributed by atoms with E-state index in [0.717, 1.165) is 38.8 Å². The van der Waals surface area contributed by atoms with Crippen molar-refractivity contribution in [2.45, 2.75) is 25.7 Å². The number of halogens is 2. The fourth-order valence-corrected chi connectivity index (χ4v) is 2.85. The van der Waals surface area contributed by atoms with Gasteiger partial charge in [0.1, 0.15) is 0 Å². The van der Waals surface area contributed by atoms with Crippen LogP contribution in [0.25, 0.3) is 0 Å². The molecule has 1 saturated heterocycles. The number of hydrogen-bond donors (Lipinski definition) is 1. The average molecular weight is 329 g/mol. The van der Waals surface area contributed by atoms with Gasteiger partial charge in [-0.05, 0) is 31.0 Å². The quantitative estimate of drug-likeness (QED) is 0.926. The lowest BCUT2D eigenvalue weighted by Gasteiger charge is -2.20. The number of likely N-dealkylation sites (tertiary alicyclic amines) is 1. The highest BCUT2D eigenvalue weighted by molar-refractivity contribution is 6.36. The fourth-order valence-electron chi connectivity index (χ4n) is 2.36. The van der Waals surface area contributed by atoms with Crippen LogP contribution in [0.15, 0.2) is 18.2 Å². The summed E-state index contributed by atoms with van der Waals surface area (Å²) in [7, 11) is 0. The molecule has 6 heteroatoms. The maximum absolute atomic E-state index is 12.1. The molecule has 1 aromatic rings. The van der Waals surface area contributed by atoms with E-state index < -0.39 is 0 Å². The third kappa shape index (κ3) is 4.61. The largest absolute Gasteiger partial charge is 0.343 e. The molecule has 0 bridgehead atoms. The molecule has 4 nitrogen and oxygen atoms in total. The fraction of sp³-hybridized carbons (Fsp3) is 0.467. The molecule has 0 saturated carbocycles. The molecular weight excluding hydrogens is 311 g/mol. The third-order valence-electron chi connectivity index (χ3n) is 3.53. The molecule has 0 unspecified atom stereocenters. The van der Waals surface area contributed by atoms with E-state index >= 15 is 0 Å². The predicted molar refractivity (Wildman–Crippen MR) is 83.8 cm³/mol. The van der Waals surface area contributed by atoms with Crippen LogP contribution < -0.4 is 5.32 Å². The van der Waals surface area contributed by atoms with Gasteiger partial charge in [0.25, 0.3) is 5.91 Å². The Bertz CT molecular complexity index is 526. The van der Waals surface area contributed by atoms with Crippen molar-refractivity contribution in [3.8, 4) is 0 Å². The first-order valence-corrected chi connectivity index (χ1v) is 7.84. The normalized spacial score (nSPS) is 15.4. The standard InChI is InChI=1S/C15H18Cl2N2O2/c16-11-5-6-12(13(17)9-11)15(21)18-10-14(20)19-7-3-1-2-4-8-19/h5-6,9H,1-4,7-8,10H2,(H,18,21). The van der Waals surface area contributed by atoms with Gasteiger partial charge in [-0.1, -0.05) is 36.0 Å². The molecule has 0 atom stereocenters. The summed E-state index contributed by atoms with van der Waals surface area (Å²) in [5.41, 5.74) is 0.324. The number of carbonyl (C=O) groups is 2. The molecule has 1 heterocycles. The van der Waals surface area contributed by atoms with Gasteiger partial charge in [-0.2, -0.15) is 0 Å². The summed E-state index contributed by atoms with van der Waals surface area (Å²) in [5, 5.41) is 3.37. The maximum Gasteiger partial charge on any atom is 0.253 e. The molecule has 0 radical (unpaired) electrons. The van der Waals surface area contributed by atoms with Gasteiger partial charge in [0.2, 0.25) is 5.91 Å². The number of hydrogen-bond acceptors (Lipinski definition) is 2. The molecule has 1 N–H and O–H groups in total. The van der Waals surface area contributed by atoms with Crippen LogP contribution in [-0.2, 0) is 4.79 Å². The van der Waals surface area contributed by atoms with E-state index in [4.69, 9.17) is 23.2 Å². The van der Waals surface area contributed by atoms with Gasteiger partial charge < -0.3 is 10.2 Å². The Hall–Kier alpha value is -1.26. The van der Waals surface area contributed by atoms with Crippen molar-refractivity contribution in [2.75, 3.05) is 19.6 Å². The first kappa shape index (κ1) is 16.1. The molecule has 1 aromatic carbocycles. The number of rotatable bonds is 3. The van der Waals surface area contributed by atoms with Gasteiger partial charge in [-0.3, -0.25) is 9.59 Å². The van der Waals surface area contributed by atoms with Crippen molar-refractivity contribution in [1.29, 1.82) is 0 Å². The van der Waals surface area contributed by atoms with Gasteiger partial charge >= 0.3 is 0 Å². The van der Waals surface area contributed by atoms with Gasteiger partial charge in [-0.25, -0.2) is 0 Å². The lowest BCUT2D eigenvalue weighted by atomic mass is 10.2. The molecule has 1 aliphatic heterocycles. The van der Waals surface area contributed by atoms with Crippen LogP contribution in [0.4, 0.5) is 0 Å². The summed E-state index contributed by atoms with van der Waals surface area (Å²) >= 11 is 11.8. The summed E-state index contributed by atoms with van der Waals surface area (Å²) in [6, 6.07) is 4.66. The van der Waals surface area contributed by atoms with Crippen LogP contribution in [0.3, 0.4) is 0 Å². The zero-order valence-electron chi connectivity index (χ0n) is 11.7. The van der Waals surface area contributed by atoms with E-state index in [1.807, 2.05) is 4.90 Å². The van der Waals surface area contributed by atoms with Crippen molar-refractivity contribution >= 4 is 35.0 Å². The Morgan fingerprint density at radius 3 is 2.38 bits per heavy atom. The average Bonchev–Trinajstić information content (AvgIpc) is 2.73. The van der Waals surface area contributed by atoms with Crippen molar-refractivity contribution in [3.05, 3.63) is 33.8 Å². The molecule has 2 rings (SSSR count). The highest BCUT2D eigenvalue weighted by Crippen LogP contribution is 2.20. The maximum atomic E-state index is 12.1. The second-order valence-electron chi connectivity index (χ2n) is 5.10. The van der Waals surface area contributed by atoms with Crippen LogP contribution in [0.5, 0.6) is 0 Å². The Kier molecular flexibility index (Phi) is 5.88. The van der Waals surface area contributed by atoms with Crippen LogP contribution in [0.1, 0.15) is 36.0 Å². The second kappa shape index (κ2) is 7.66. The number of benzene rings is 1. The summed E-state index contributed by atoms with van der Waals surface area (Å²) < 4.78 is 0. The van der Waals surface area contributed by atoms with Crippen LogP contribution >= 0.6 is 23.2 Å². The molecule has 21 heavy (non-hydrogen) atoms. The topological polar surface area (TPSA) is 49.4 Å². The Morgan fingerprint density at radius 1 is 1.10 bits per heavy atom. The monoisotopic (exact) mass is 328 g/mol. The molecule has 0 aromatic heterocycles. The highest BCUT2D eigenvalue weighted by Gasteiger charge is 2.17. The first-order chi connectivity index (χ1) is 10.1. The van der Waals surface area contributed by atoms with Crippen molar-refractivity contribution in [3.63, 3.8) is 0 Å². The summed E-state index contributed by atoms with van der Waals surface area (Å²) in [5.74, 6) is -0.407. The zero-order valence-corrected chi connectivity index (χ0v) is 13.2. The third-order valence-corrected chi connectivity index (χ3v) is 4.08. The Labute approximate surface area is 134 Å². The van der Waals surface area contributed by atoms with Gasteiger partial charge in [0.05, 0.1) is 17.1 Å². The molecule has 0 aliphatic carbocycles. The molecule has 1 aliphatic rings. The highest BCUT2D eigenvalue weighted by atomic mass is 35.5. The van der Waals surface area contributed by atoms with Crippen molar-refractivity contribution < 1.29 is 9.59 Å². The summed E-state index contributed by atoms with van der Waals surface area (Å²) in [6.07, 6.45) is 4.39. The SMILES string of the molecule is O=C(NCC(=O)N1CCCCCC1)c1ccc(Cl)cc1Cl. The van der Waals surface area contributed by atoms with E-state index in [2.05, 4.69) is 5.32 Å². The predicted octanol–water partition coefficient (Wildman–Crippen LogP) is 3.13. The number of nitrogens with zero attached hydrogens (tertiary/aromatic N) is 1. The smallest absolute Gasteiger partial charge is 0.253 e. The zero-order chi connectivity index (χ0) is 15.2. The van der Waals surface area contributed by atoms with E-state index in [1.54, 1.807) is 12.1 Å². The van der Waals surface area contributed by atoms with Crippen molar-refractivity contribution in [1.82, 2.24) is 10.2 Å². The number of nitrogens with one attached hydrogen (secondary N) is 1. The van der Waals surface area contributed by atoms with E-state index in [-0.39, 0.29) is 23.4 Å². The lowest BCUT2D eigenvalue weighted by molar-refractivity contribution is -0.130. The van der Waals surface area contributed by atoms with Gasteiger partial charge in [0, 0.05) is 18.1 Å². The minimum absolute atomic E-state index is 0.00219. The molecular formula is C15H18Cl2N2O2. The number of carbonyl (C=O) groups excluding carboxylic acids is 2. The van der Waals surface area contributed by atoms with Gasteiger partial charge in [-0.15, -0.1) is 0 Å². The van der Waals surface area contributed by atoms with Crippen LogP contribution in [-0.4, -0.2) is 36.3 Å². The summed E-state index contributed by atoms with van der Waals surface area (Å²) in [6.45, 7) is 1.55. The van der Waals surface area contributed by atoms with Crippen LogP contribution in [0.2, 0.25) is 10.0 Å². The van der Waals surface area contributed by atoms with Crippen molar-refractivity contribution in [2.24, 2.45) is 0 Å². The Morgan fingerprint density at radius 2 is 1.76 bits per heavy atom. The minimum atomic E-state index is -0.361. The lowest BCUT2D eigenvalue weighted by Crippen LogP contribution is -2.40.